The molecule has 5 heteroatoms. The van der Waals surface area contributed by atoms with Crippen molar-refractivity contribution in [3.05, 3.63) is 228 Å². The fraction of sp³-hybridized carbons (Fsp3) is 0.0175. The molecule has 2 aromatic heterocycles. The molecule has 12 rings (SSSR count). The summed E-state index contributed by atoms with van der Waals surface area (Å²) in [6.45, 7) is 0.732. The largest absolute Gasteiger partial charge is 0.355 e. The summed E-state index contributed by atoms with van der Waals surface area (Å²) in [4.78, 5) is 13.0. The van der Waals surface area contributed by atoms with Gasteiger partial charge in [0.05, 0.1) is 33.5 Å². The molecule has 290 valence electrons. The van der Waals surface area contributed by atoms with Crippen LogP contribution in [0.4, 0.5) is 11.4 Å². The van der Waals surface area contributed by atoms with E-state index >= 15 is 0 Å². The second-order valence-electron chi connectivity index (χ2n) is 15.8. The van der Waals surface area contributed by atoms with E-state index in [0.29, 0.717) is 5.95 Å². The van der Waals surface area contributed by atoms with Gasteiger partial charge in [-0.2, -0.15) is 0 Å². The van der Waals surface area contributed by atoms with Gasteiger partial charge in [0, 0.05) is 56.5 Å². The van der Waals surface area contributed by atoms with Crippen molar-refractivity contribution in [3.63, 3.8) is 0 Å². The molecule has 4 heterocycles. The van der Waals surface area contributed by atoms with E-state index in [4.69, 9.17) is 16.4 Å². The molecule has 0 saturated heterocycles. The van der Waals surface area contributed by atoms with E-state index in [1.807, 2.05) is 36.4 Å². The molecule has 0 atom stereocenters. The molecule has 0 unspecified atom stereocenters. The van der Waals surface area contributed by atoms with Crippen molar-refractivity contribution in [2.24, 2.45) is 0 Å². The topological polar surface area (TPSA) is 46.0 Å². The molecule has 0 saturated carbocycles. The normalized spacial score (nSPS) is 14.1. The molecule has 0 spiro atoms. The third-order valence-electron chi connectivity index (χ3n) is 12.3. The SMILES string of the molecule is C#C/C(=C1/C=C(c2ccc3c(c2)c2c4ccccc4ccc2n3-c2nc(-c3ccccc3)c3ccccc3n2)C=C2c3ccccc3CN21)c1ccccc1Nc1ccccc1. The Kier molecular flexibility index (Phi) is 8.23. The minimum absolute atomic E-state index is 0.634. The molecule has 2 aliphatic heterocycles. The van der Waals surface area contributed by atoms with Gasteiger partial charge in [0.2, 0.25) is 5.95 Å². The van der Waals surface area contributed by atoms with Crippen LogP contribution < -0.4 is 5.32 Å². The zero-order valence-corrected chi connectivity index (χ0v) is 33.6. The van der Waals surface area contributed by atoms with Crippen LogP contribution in [0.25, 0.3) is 77.5 Å². The van der Waals surface area contributed by atoms with E-state index in [0.717, 1.165) is 95.6 Å². The number of nitrogens with one attached hydrogen (secondary N) is 1. The highest BCUT2D eigenvalue weighted by atomic mass is 15.2. The first-order valence-electron chi connectivity index (χ1n) is 20.9. The Morgan fingerprint density at radius 2 is 1.32 bits per heavy atom. The van der Waals surface area contributed by atoms with Gasteiger partial charge in [-0.15, -0.1) is 6.42 Å². The number of terminal acetylenes is 1. The van der Waals surface area contributed by atoms with Gasteiger partial charge < -0.3 is 10.2 Å². The molecule has 0 aliphatic carbocycles. The van der Waals surface area contributed by atoms with E-state index in [1.54, 1.807) is 0 Å². The summed E-state index contributed by atoms with van der Waals surface area (Å²) in [7, 11) is 0. The standard InChI is InChI=1S/C57H37N5/c1-2-43(46-25-13-15-27-49(46)58-42-21-7-4-8-22-42)53-34-41(35-54-44-23-11-10-20-40(44)36-61(53)54)39-30-31-51-48(33-39)55-45-24-12-9-17-37(45)29-32-52(55)62(51)57-59-50-28-16-14-26-47(50)56(60-57)38-18-5-3-6-19-38/h1,3-35,58H,36H2/b53-43+. The van der Waals surface area contributed by atoms with Crippen molar-refractivity contribution in [1.82, 2.24) is 19.4 Å². The van der Waals surface area contributed by atoms with E-state index in [2.05, 4.69) is 185 Å². The molecule has 62 heavy (non-hydrogen) atoms. The Balaban J connectivity index is 1.10. The average Bonchev–Trinajstić information content (AvgIpc) is 3.88. The fourth-order valence-electron chi connectivity index (χ4n) is 9.41. The van der Waals surface area contributed by atoms with Crippen LogP contribution in [0.1, 0.15) is 22.3 Å². The molecule has 0 amide bonds. The predicted molar refractivity (Wildman–Crippen MR) is 257 cm³/mol. The van der Waals surface area contributed by atoms with E-state index in [1.165, 1.54) is 21.9 Å². The van der Waals surface area contributed by atoms with Crippen LogP contribution in [0.2, 0.25) is 0 Å². The smallest absolute Gasteiger partial charge is 0.235 e. The average molecular weight is 792 g/mol. The number of para-hydroxylation sites is 3. The van der Waals surface area contributed by atoms with Gasteiger partial charge in [-0.1, -0.05) is 152 Å². The summed E-state index contributed by atoms with van der Waals surface area (Å²) >= 11 is 0. The first-order chi connectivity index (χ1) is 30.7. The number of rotatable bonds is 6. The van der Waals surface area contributed by atoms with Gasteiger partial charge in [0.1, 0.15) is 0 Å². The van der Waals surface area contributed by atoms with Gasteiger partial charge in [-0.3, -0.25) is 4.57 Å². The Labute approximate surface area is 359 Å². The highest BCUT2D eigenvalue weighted by Crippen LogP contribution is 2.46. The molecule has 0 radical (unpaired) electrons. The Bertz CT molecular complexity index is 3590. The first-order valence-corrected chi connectivity index (χ1v) is 20.9. The van der Waals surface area contributed by atoms with E-state index in [9.17, 15) is 0 Å². The van der Waals surface area contributed by atoms with Crippen LogP contribution in [0.5, 0.6) is 0 Å². The summed E-state index contributed by atoms with van der Waals surface area (Å²) in [5, 5.41) is 9.31. The summed E-state index contributed by atoms with van der Waals surface area (Å²) in [5.41, 5.74) is 15.5. The molecular weight excluding hydrogens is 755 g/mol. The van der Waals surface area contributed by atoms with Crippen molar-refractivity contribution < 1.29 is 0 Å². The Hall–Kier alpha value is -8.46. The fourth-order valence-corrected chi connectivity index (χ4v) is 9.41. The molecule has 0 bridgehead atoms. The molecule has 2 aliphatic rings. The van der Waals surface area contributed by atoms with E-state index in [-0.39, 0.29) is 0 Å². The lowest BCUT2D eigenvalue weighted by Gasteiger charge is -2.29. The van der Waals surface area contributed by atoms with Crippen LogP contribution in [0.15, 0.2) is 206 Å². The lowest BCUT2D eigenvalue weighted by atomic mass is 9.93. The van der Waals surface area contributed by atoms with E-state index < -0.39 is 0 Å². The van der Waals surface area contributed by atoms with Crippen molar-refractivity contribution in [3.8, 4) is 29.5 Å². The van der Waals surface area contributed by atoms with Gasteiger partial charge in [0.15, 0.2) is 0 Å². The van der Waals surface area contributed by atoms with Crippen LogP contribution in [0, 0.1) is 12.3 Å². The second kappa shape index (κ2) is 14.4. The van der Waals surface area contributed by atoms with Crippen LogP contribution in [-0.2, 0) is 6.54 Å². The molecule has 10 aromatic rings. The van der Waals surface area contributed by atoms with Crippen molar-refractivity contribution in [2.75, 3.05) is 5.32 Å². The number of hydrogen-bond donors (Lipinski definition) is 1. The van der Waals surface area contributed by atoms with Crippen LogP contribution in [-0.4, -0.2) is 19.4 Å². The summed E-state index contributed by atoms with van der Waals surface area (Å²) in [6.07, 6.45) is 11.2. The number of aromatic nitrogens is 3. The highest BCUT2D eigenvalue weighted by molar-refractivity contribution is 6.22. The second-order valence-corrected chi connectivity index (χ2v) is 15.8. The molecule has 5 nitrogen and oxygen atoms in total. The first kappa shape index (κ1) is 35.5. The lowest BCUT2D eigenvalue weighted by Crippen LogP contribution is -2.18. The number of fused-ring (bicyclic) bond motifs is 9. The zero-order valence-electron chi connectivity index (χ0n) is 33.6. The maximum absolute atomic E-state index is 6.57. The lowest BCUT2D eigenvalue weighted by molar-refractivity contribution is 0.524. The van der Waals surface area contributed by atoms with Crippen LogP contribution in [0.3, 0.4) is 0 Å². The third-order valence-corrected chi connectivity index (χ3v) is 12.3. The summed E-state index contributed by atoms with van der Waals surface area (Å²) in [6, 6.07) is 65.8. The third kappa shape index (κ3) is 5.73. The molecule has 0 fully saturated rings. The minimum atomic E-state index is 0.634. The quantitative estimate of drug-likeness (QED) is 0.170. The number of nitrogens with zero attached hydrogens (tertiary/aromatic N) is 4. The number of hydrogen-bond acceptors (Lipinski definition) is 4. The van der Waals surface area contributed by atoms with Crippen molar-refractivity contribution >= 4 is 71.7 Å². The van der Waals surface area contributed by atoms with Crippen molar-refractivity contribution in [2.45, 2.75) is 6.54 Å². The number of allylic oxidation sites excluding steroid dienone is 4. The van der Waals surface area contributed by atoms with Gasteiger partial charge in [-0.05, 0) is 82.1 Å². The number of anilines is 2. The summed E-state index contributed by atoms with van der Waals surface area (Å²) in [5.74, 6) is 3.79. The van der Waals surface area contributed by atoms with Crippen LogP contribution >= 0.6 is 0 Å². The minimum Gasteiger partial charge on any atom is -0.355 e. The number of benzene rings is 8. The zero-order chi connectivity index (χ0) is 41.1. The summed E-state index contributed by atoms with van der Waals surface area (Å²) < 4.78 is 2.24. The Morgan fingerprint density at radius 3 is 2.19 bits per heavy atom. The predicted octanol–water partition coefficient (Wildman–Crippen LogP) is 13.6. The molecular formula is C57H37N5. The van der Waals surface area contributed by atoms with Gasteiger partial charge in [-0.25, -0.2) is 9.97 Å². The van der Waals surface area contributed by atoms with Gasteiger partial charge >= 0.3 is 0 Å². The molecule has 1 N–H and O–H groups in total. The highest BCUT2D eigenvalue weighted by Gasteiger charge is 2.31. The maximum atomic E-state index is 6.57. The Morgan fingerprint density at radius 1 is 0.597 bits per heavy atom. The maximum Gasteiger partial charge on any atom is 0.235 e. The molecule has 8 aromatic carbocycles. The monoisotopic (exact) mass is 791 g/mol. The van der Waals surface area contributed by atoms with Gasteiger partial charge in [0.25, 0.3) is 0 Å². The van der Waals surface area contributed by atoms with Crippen molar-refractivity contribution in [1.29, 1.82) is 0 Å².